The Morgan fingerprint density at radius 2 is 1.89 bits per heavy atom. The van der Waals surface area contributed by atoms with Crippen molar-refractivity contribution in [2.45, 2.75) is 31.6 Å². The van der Waals surface area contributed by atoms with Crippen LogP contribution in [-0.2, 0) is 30.4 Å². The van der Waals surface area contributed by atoms with Crippen LogP contribution in [0.3, 0.4) is 0 Å². The zero-order chi connectivity index (χ0) is 26.0. The molecule has 0 spiro atoms. The lowest BCUT2D eigenvalue weighted by Crippen LogP contribution is -2.61. The first kappa shape index (κ1) is 25.5. The van der Waals surface area contributed by atoms with Crippen LogP contribution < -0.4 is 10.2 Å². The topological polar surface area (TPSA) is 48.5 Å². The number of alkyl halides is 3. The van der Waals surface area contributed by atoms with Crippen LogP contribution in [0.2, 0.25) is 5.02 Å². The number of fused-ring (bicyclic) bond motifs is 3. The van der Waals surface area contributed by atoms with Crippen LogP contribution in [-0.4, -0.2) is 48.0 Å². The Bertz CT molecular complexity index is 1240. The molecule has 0 aliphatic carbocycles. The molecular formula is C28H28ClF3N4O. The van der Waals surface area contributed by atoms with Crippen LogP contribution in [0.4, 0.5) is 18.9 Å². The average molecular weight is 529 g/mol. The Morgan fingerprint density at radius 3 is 2.62 bits per heavy atom. The summed E-state index contributed by atoms with van der Waals surface area (Å²) in [5.74, 6) is -0.602. The Kier molecular flexibility index (Phi) is 7.40. The molecule has 1 aromatic heterocycles. The lowest BCUT2D eigenvalue weighted by molar-refractivity contribution is -0.137. The van der Waals surface area contributed by atoms with E-state index in [1.807, 2.05) is 42.5 Å². The van der Waals surface area contributed by atoms with Gasteiger partial charge in [0.1, 0.15) is 0 Å². The Hall–Kier alpha value is -3.10. The Morgan fingerprint density at radius 1 is 1.08 bits per heavy atom. The van der Waals surface area contributed by atoms with E-state index in [0.29, 0.717) is 36.6 Å². The number of amides is 1. The van der Waals surface area contributed by atoms with Crippen LogP contribution in [0.1, 0.15) is 22.4 Å². The molecule has 1 saturated heterocycles. The van der Waals surface area contributed by atoms with Crippen molar-refractivity contribution < 1.29 is 18.0 Å². The average Bonchev–Trinajstić information content (AvgIpc) is 2.89. The van der Waals surface area contributed by atoms with E-state index in [1.165, 1.54) is 6.07 Å². The number of hydrogen-bond donors (Lipinski definition) is 1. The smallest absolute Gasteiger partial charge is 0.365 e. The second-order valence-electron chi connectivity index (χ2n) is 9.64. The normalized spacial score (nSPS) is 19.7. The summed E-state index contributed by atoms with van der Waals surface area (Å²) in [4.78, 5) is 22.1. The summed E-state index contributed by atoms with van der Waals surface area (Å²) in [5.41, 5.74) is 2.68. The number of aromatic nitrogens is 1. The first-order valence-electron chi connectivity index (χ1n) is 12.4. The third kappa shape index (κ3) is 5.91. The molecule has 37 heavy (non-hydrogen) atoms. The van der Waals surface area contributed by atoms with Gasteiger partial charge in [-0.05, 0) is 60.0 Å². The molecule has 0 radical (unpaired) electrons. The van der Waals surface area contributed by atoms with Crippen LogP contribution in [0, 0.1) is 5.92 Å². The Balaban J connectivity index is 1.36. The molecule has 0 bridgehead atoms. The molecule has 1 N–H and O–H groups in total. The molecule has 2 aliphatic rings. The first-order valence-corrected chi connectivity index (χ1v) is 12.8. The fourth-order valence-electron chi connectivity index (χ4n) is 5.34. The summed E-state index contributed by atoms with van der Waals surface area (Å²) in [5, 5.41) is 3.70. The maximum absolute atomic E-state index is 13.4. The van der Waals surface area contributed by atoms with E-state index in [-0.39, 0.29) is 18.4 Å². The maximum Gasteiger partial charge on any atom is 0.416 e. The zero-order valence-corrected chi connectivity index (χ0v) is 21.0. The van der Waals surface area contributed by atoms with Crippen LogP contribution in [0.15, 0.2) is 66.9 Å². The highest BCUT2D eigenvalue weighted by Crippen LogP contribution is 2.40. The first-order chi connectivity index (χ1) is 17.8. The number of nitrogens with one attached hydrogen (secondary N) is 1. The van der Waals surface area contributed by atoms with E-state index < -0.39 is 17.7 Å². The van der Waals surface area contributed by atoms with Crippen molar-refractivity contribution in [3.63, 3.8) is 0 Å². The molecule has 1 fully saturated rings. The van der Waals surface area contributed by atoms with Crippen LogP contribution in [0.25, 0.3) is 0 Å². The third-order valence-corrected chi connectivity index (χ3v) is 7.44. The van der Waals surface area contributed by atoms with Crippen molar-refractivity contribution in [3.05, 3.63) is 94.3 Å². The number of nitrogens with zero attached hydrogens (tertiary/aromatic N) is 3. The molecular weight excluding hydrogens is 501 g/mol. The molecule has 2 aliphatic heterocycles. The zero-order valence-electron chi connectivity index (χ0n) is 20.2. The van der Waals surface area contributed by atoms with E-state index in [2.05, 4.69) is 20.1 Å². The van der Waals surface area contributed by atoms with Crippen molar-refractivity contribution in [2.24, 2.45) is 5.92 Å². The van der Waals surface area contributed by atoms with Gasteiger partial charge in [-0.3, -0.25) is 14.7 Å². The van der Waals surface area contributed by atoms with Gasteiger partial charge in [-0.15, -0.1) is 0 Å². The third-order valence-electron chi connectivity index (χ3n) is 7.19. The summed E-state index contributed by atoms with van der Waals surface area (Å²) in [6, 6.07) is 17.1. The molecule has 2 aromatic carbocycles. The van der Waals surface area contributed by atoms with Crippen molar-refractivity contribution >= 4 is 23.2 Å². The molecule has 0 unspecified atom stereocenters. The number of halogens is 4. The highest BCUT2D eigenvalue weighted by atomic mass is 35.5. The molecule has 3 aromatic rings. The van der Waals surface area contributed by atoms with Crippen molar-refractivity contribution in [1.82, 2.24) is 15.2 Å². The minimum Gasteiger partial charge on any atom is -0.365 e. The largest absolute Gasteiger partial charge is 0.416 e. The van der Waals surface area contributed by atoms with Gasteiger partial charge in [0, 0.05) is 61.7 Å². The molecule has 3 heterocycles. The summed E-state index contributed by atoms with van der Waals surface area (Å²) in [7, 11) is 0. The number of carbonyl (C=O) groups excluding carboxylic acids is 1. The molecule has 5 rings (SSSR count). The van der Waals surface area contributed by atoms with Gasteiger partial charge in [0.2, 0.25) is 5.91 Å². The van der Waals surface area contributed by atoms with Gasteiger partial charge in [0.05, 0.1) is 17.5 Å². The van der Waals surface area contributed by atoms with E-state index >= 15 is 0 Å². The second-order valence-corrected chi connectivity index (χ2v) is 10.1. The predicted octanol–water partition coefficient (Wildman–Crippen LogP) is 4.98. The monoisotopic (exact) mass is 528 g/mol. The number of benzene rings is 2. The molecule has 0 saturated carbocycles. The Labute approximate surface area is 219 Å². The van der Waals surface area contributed by atoms with E-state index in [9.17, 15) is 18.0 Å². The lowest BCUT2D eigenvalue weighted by atomic mass is 9.82. The summed E-state index contributed by atoms with van der Waals surface area (Å²) in [6.45, 7) is 3.15. The molecule has 5 nitrogen and oxygen atoms in total. The number of pyridine rings is 1. The predicted molar refractivity (Wildman–Crippen MR) is 137 cm³/mol. The number of piperazine rings is 1. The van der Waals surface area contributed by atoms with Gasteiger partial charge in [0.15, 0.2) is 0 Å². The number of carbonyl (C=O) groups is 1. The van der Waals surface area contributed by atoms with E-state index in [0.717, 1.165) is 36.1 Å². The van der Waals surface area contributed by atoms with Crippen molar-refractivity contribution in [2.75, 3.05) is 31.1 Å². The van der Waals surface area contributed by atoms with Gasteiger partial charge in [0.25, 0.3) is 0 Å². The van der Waals surface area contributed by atoms with Gasteiger partial charge >= 0.3 is 6.18 Å². The molecule has 9 heteroatoms. The number of rotatable bonds is 6. The SMILES string of the molecule is O=C(NCCc1ccccn1)[C@@H]1Cc2cc(C(F)(F)F)ccc2N2CCN(Cc3ccc(Cl)cc3)C[C@@H]12. The maximum atomic E-state index is 13.4. The minimum absolute atomic E-state index is 0.137. The molecule has 2 atom stereocenters. The summed E-state index contributed by atoms with van der Waals surface area (Å²) < 4.78 is 40.3. The van der Waals surface area contributed by atoms with E-state index in [4.69, 9.17) is 11.6 Å². The second kappa shape index (κ2) is 10.7. The number of anilines is 1. The van der Waals surface area contributed by atoms with Crippen LogP contribution in [0.5, 0.6) is 0 Å². The van der Waals surface area contributed by atoms with Crippen molar-refractivity contribution in [3.8, 4) is 0 Å². The fourth-order valence-corrected chi connectivity index (χ4v) is 5.47. The molecule has 1 amide bonds. The van der Waals surface area contributed by atoms with Gasteiger partial charge in [-0.1, -0.05) is 29.8 Å². The fraction of sp³-hybridized carbons (Fsp3) is 0.357. The summed E-state index contributed by atoms with van der Waals surface area (Å²) >= 11 is 6.03. The highest BCUT2D eigenvalue weighted by molar-refractivity contribution is 6.30. The molecule has 194 valence electrons. The van der Waals surface area contributed by atoms with Gasteiger partial charge < -0.3 is 10.2 Å². The quantitative estimate of drug-likeness (QED) is 0.490. The van der Waals surface area contributed by atoms with Crippen LogP contribution >= 0.6 is 11.6 Å². The van der Waals surface area contributed by atoms with E-state index in [1.54, 1.807) is 12.3 Å². The van der Waals surface area contributed by atoms with Gasteiger partial charge in [-0.25, -0.2) is 0 Å². The summed E-state index contributed by atoms with van der Waals surface area (Å²) in [6.07, 6.45) is -1.86. The standard InChI is InChI=1S/C28H28ClF3N4O/c29-22-7-4-19(5-8-22)17-35-13-14-36-25-9-6-21(28(30,31)32)15-20(25)16-24(26(36)18-35)27(37)34-12-10-23-3-1-2-11-33-23/h1-9,11,15,24,26H,10,12-14,16-18H2,(H,34,37)/t24-,26+/m1/s1. The number of hydrogen-bond acceptors (Lipinski definition) is 4. The highest BCUT2D eigenvalue weighted by Gasteiger charge is 2.42. The van der Waals surface area contributed by atoms with Gasteiger partial charge in [-0.2, -0.15) is 13.2 Å². The minimum atomic E-state index is -4.43. The lowest BCUT2D eigenvalue weighted by Gasteiger charge is -2.49. The van der Waals surface area contributed by atoms with Crippen molar-refractivity contribution in [1.29, 1.82) is 0 Å².